The lowest BCUT2D eigenvalue weighted by Crippen LogP contribution is -1.90. The highest BCUT2D eigenvalue weighted by molar-refractivity contribution is 5.88. The van der Waals surface area contributed by atoms with Crippen molar-refractivity contribution in [3.63, 3.8) is 0 Å². The van der Waals surface area contributed by atoms with Gasteiger partial charge < -0.3 is 0 Å². The maximum atomic E-state index is 5.61. The Morgan fingerprint density at radius 1 is 0.652 bits per heavy atom. The number of terminal acetylenes is 1. The van der Waals surface area contributed by atoms with Crippen molar-refractivity contribution < 1.29 is 0 Å². The van der Waals surface area contributed by atoms with E-state index in [1.54, 1.807) is 0 Å². The van der Waals surface area contributed by atoms with E-state index < -0.39 is 0 Å². The maximum Gasteiger partial charge on any atom is 0.0624 e. The summed E-state index contributed by atoms with van der Waals surface area (Å²) in [6.45, 7) is 0. The number of rotatable bonds is 1. The van der Waals surface area contributed by atoms with Crippen molar-refractivity contribution in [2.24, 2.45) is 0 Å². The SMILES string of the molecule is C#Cn1c(-c2ccccc2)cc2ccccc21.c1cc2cc-2c1. The standard InChI is InChI=1S/C16H11N.C6H4/c1-2-17-15-11-7-6-10-14(15)12-16(17)13-8-4-3-5-9-13;1-2-5-4-6(5)3-1/h1,3-12H;1-4H. The number of benzene rings is 3. The van der Waals surface area contributed by atoms with Gasteiger partial charge in [0.05, 0.1) is 11.2 Å². The van der Waals surface area contributed by atoms with Crippen LogP contribution in [0.3, 0.4) is 0 Å². The highest BCUT2D eigenvalue weighted by Gasteiger charge is 2.08. The molecule has 0 atom stereocenters. The zero-order valence-electron chi connectivity index (χ0n) is 12.6. The average Bonchev–Trinajstić information content (AvgIpc) is 3.06. The van der Waals surface area contributed by atoms with E-state index in [4.69, 9.17) is 6.42 Å². The summed E-state index contributed by atoms with van der Waals surface area (Å²) < 4.78 is 1.89. The fourth-order valence-electron chi connectivity index (χ4n) is 2.79. The molecule has 5 rings (SSSR count). The van der Waals surface area contributed by atoms with Crippen molar-refractivity contribution in [1.29, 1.82) is 0 Å². The van der Waals surface area contributed by atoms with Crippen LogP contribution >= 0.6 is 0 Å². The average molecular weight is 293 g/mol. The Hall–Kier alpha value is -3.24. The number of hydrogen-bond donors (Lipinski definition) is 0. The van der Waals surface area contributed by atoms with E-state index in [9.17, 15) is 0 Å². The molecule has 1 heterocycles. The summed E-state index contributed by atoms with van der Waals surface area (Å²) in [4.78, 5) is 0. The first-order valence-corrected chi connectivity index (χ1v) is 7.60. The first kappa shape index (κ1) is 13.4. The summed E-state index contributed by atoms with van der Waals surface area (Å²) in [6.07, 6.45) is 5.61. The Morgan fingerprint density at radius 2 is 1.30 bits per heavy atom. The van der Waals surface area contributed by atoms with E-state index in [-0.39, 0.29) is 0 Å². The Balaban J connectivity index is 0.000000186. The molecule has 0 radical (unpaired) electrons. The minimum atomic E-state index is 1.06. The highest BCUT2D eigenvalue weighted by atomic mass is 15.0. The van der Waals surface area contributed by atoms with E-state index in [1.165, 1.54) is 16.5 Å². The van der Waals surface area contributed by atoms with Gasteiger partial charge >= 0.3 is 0 Å². The van der Waals surface area contributed by atoms with Gasteiger partial charge in [0.1, 0.15) is 0 Å². The van der Waals surface area contributed by atoms with Gasteiger partial charge in [0.15, 0.2) is 0 Å². The first-order chi connectivity index (χ1) is 11.4. The third kappa shape index (κ3) is 2.52. The summed E-state index contributed by atoms with van der Waals surface area (Å²) >= 11 is 0. The van der Waals surface area contributed by atoms with Crippen molar-refractivity contribution in [3.05, 3.63) is 84.9 Å². The van der Waals surface area contributed by atoms with Crippen LogP contribution in [0.1, 0.15) is 0 Å². The molecule has 0 N–H and O–H groups in total. The molecule has 1 heteroatoms. The molecular weight excluding hydrogens is 278 g/mol. The third-order valence-electron chi connectivity index (χ3n) is 4.02. The molecule has 0 bridgehead atoms. The minimum absolute atomic E-state index is 1.06. The van der Waals surface area contributed by atoms with Gasteiger partial charge in [-0.25, -0.2) is 0 Å². The Labute approximate surface area is 135 Å². The van der Waals surface area contributed by atoms with Crippen LogP contribution in [0.15, 0.2) is 84.9 Å². The lowest BCUT2D eigenvalue weighted by Gasteiger charge is -2.02. The molecule has 1 aromatic heterocycles. The number of nitrogens with zero attached hydrogens (tertiary/aromatic N) is 1. The topological polar surface area (TPSA) is 4.93 Å². The Kier molecular flexibility index (Phi) is 3.22. The van der Waals surface area contributed by atoms with Gasteiger partial charge in [0, 0.05) is 11.4 Å². The molecule has 1 nitrogen and oxygen atoms in total. The first-order valence-electron chi connectivity index (χ1n) is 7.60. The minimum Gasteiger partial charge on any atom is -0.269 e. The number of hydrogen-bond acceptors (Lipinski definition) is 0. The van der Waals surface area contributed by atoms with Crippen molar-refractivity contribution in [2.45, 2.75) is 0 Å². The van der Waals surface area contributed by atoms with Gasteiger partial charge in [-0.3, -0.25) is 4.57 Å². The predicted octanol–water partition coefficient (Wildman–Crippen LogP) is 5.41. The van der Waals surface area contributed by atoms with Crippen LogP contribution in [0.2, 0.25) is 0 Å². The smallest absolute Gasteiger partial charge is 0.0624 e. The molecule has 2 aromatic carbocycles. The maximum absolute atomic E-state index is 5.61. The van der Waals surface area contributed by atoms with E-state index in [0.29, 0.717) is 0 Å². The highest BCUT2D eigenvalue weighted by Crippen LogP contribution is 2.32. The van der Waals surface area contributed by atoms with Gasteiger partial charge in [-0.05, 0) is 34.9 Å². The summed E-state index contributed by atoms with van der Waals surface area (Å²) in [7, 11) is 0. The van der Waals surface area contributed by atoms with Crippen LogP contribution in [0, 0.1) is 12.5 Å². The zero-order valence-corrected chi connectivity index (χ0v) is 12.6. The number of para-hydroxylation sites is 1. The number of aromatic nitrogens is 1. The molecule has 0 saturated carbocycles. The molecule has 2 aliphatic carbocycles. The van der Waals surface area contributed by atoms with E-state index in [2.05, 4.69) is 54.6 Å². The van der Waals surface area contributed by atoms with Crippen LogP contribution in [0.4, 0.5) is 0 Å². The lowest BCUT2D eigenvalue weighted by atomic mass is 10.1. The summed E-state index contributed by atoms with van der Waals surface area (Å²) in [5.41, 5.74) is 6.13. The summed E-state index contributed by atoms with van der Waals surface area (Å²) in [6, 6.07) is 31.7. The summed E-state index contributed by atoms with van der Waals surface area (Å²) in [5.74, 6) is 0. The van der Waals surface area contributed by atoms with Crippen LogP contribution in [0.5, 0.6) is 0 Å². The Bertz CT molecular complexity index is 999. The van der Waals surface area contributed by atoms with E-state index in [1.807, 2.05) is 41.0 Å². The van der Waals surface area contributed by atoms with Gasteiger partial charge in [0.2, 0.25) is 0 Å². The fraction of sp³-hybridized carbons (Fsp3) is 0. The molecule has 2 aliphatic rings. The van der Waals surface area contributed by atoms with E-state index >= 15 is 0 Å². The van der Waals surface area contributed by atoms with Crippen LogP contribution < -0.4 is 0 Å². The number of fused-ring (bicyclic) bond motifs is 2. The van der Waals surface area contributed by atoms with Crippen molar-refractivity contribution in [2.75, 3.05) is 0 Å². The molecular formula is C22H15N. The molecule has 0 saturated heterocycles. The molecule has 0 spiro atoms. The van der Waals surface area contributed by atoms with Crippen molar-refractivity contribution >= 4 is 10.9 Å². The largest absolute Gasteiger partial charge is 0.269 e. The Morgan fingerprint density at radius 3 is 1.91 bits per heavy atom. The predicted molar refractivity (Wildman–Crippen MR) is 97.0 cm³/mol. The van der Waals surface area contributed by atoms with Crippen molar-refractivity contribution in [1.82, 2.24) is 4.57 Å². The van der Waals surface area contributed by atoms with Gasteiger partial charge in [-0.2, -0.15) is 0 Å². The second-order valence-corrected chi connectivity index (χ2v) is 5.50. The van der Waals surface area contributed by atoms with Crippen LogP contribution in [-0.2, 0) is 0 Å². The molecule has 3 aromatic rings. The molecule has 0 fully saturated rings. The fourth-order valence-corrected chi connectivity index (χ4v) is 2.79. The normalized spacial score (nSPS) is 10.6. The molecule has 0 amide bonds. The zero-order chi connectivity index (χ0) is 15.6. The quantitative estimate of drug-likeness (QED) is 0.364. The van der Waals surface area contributed by atoms with Crippen molar-refractivity contribution in [3.8, 4) is 34.9 Å². The van der Waals surface area contributed by atoms with Gasteiger partial charge in [0.25, 0.3) is 0 Å². The third-order valence-corrected chi connectivity index (χ3v) is 4.02. The molecule has 108 valence electrons. The lowest BCUT2D eigenvalue weighted by molar-refractivity contribution is 1.21. The van der Waals surface area contributed by atoms with Gasteiger partial charge in [-0.1, -0.05) is 73.2 Å². The van der Waals surface area contributed by atoms with E-state index in [0.717, 1.165) is 16.8 Å². The van der Waals surface area contributed by atoms with Gasteiger partial charge in [-0.15, -0.1) is 0 Å². The summed E-state index contributed by atoms with van der Waals surface area (Å²) in [5, 5.41) is 1.17. The monoisotopic (exact) mass is 293 g/mol. The molecule has 0 unspecified atom stereocenters. The van der Waals surface area contributed by atoms with Crippen LogP contribution in [-0.4, -0.2) is 4.57 Å². The second kappa shape index (κ2) is 5.51. The molecule has 0 aliphatic heterocycles. The molecule has 23 heavy (non-hydrogen) atoms. The van der Waals surface area contributed by atoms with Crippen LogP contribution in [0.25, 0.3) is 33.3 Å². The second-order valence-electron chi connectivity index (χ2n) is 5.50.